The third kappa shape index (κ3) is 3.72. The van der Waals surface area contributed by atoms with Crippen molar-refractivity contribution in [1.29, 1.82) is 0 Å². The van der Waals surface area contributed by atoms with Gasteiger partial charge in [-0.15, -0.1) is 11.3 Å². The van der Waals surface area contributed by atoms with Crippen LogP contribution in [0.4, 0.5) is 0 Å². The Labute approximate surface area is 200 Å². The fraction of sp³-hybridized carbons (Fsp3) is 0.154. The van der Waals surface area contributed by atoms with Gasteiger partial charge in [0.1, 0.15) is 11.5 Å². The number of H-pyrrole nitrogens is 2. The fourth-order valence-corrected chi connectivity index (χ4v) is 4.82. The van der Waals surface area contributed by atoms with Gasteiger partial charge in [0, 0.05) is 22.7 Å². The van der Waals surface area contributed by atoms with E-state index in [-0.39, 0.29) is 5.78 Å². The van der Waals surface area contributed by atoms with Gasteiger partial charge in [-0.2, -0.15) is 5.10 Å². The Morgan fingerprint density at radius 1 is 1.21 bits per heavy atom. The molecule has 0 saturated heterocycles. The van der Waals surface area contributed by atoms with E-state index in [4.69, 9.17) is 4.98 Å². The van der Waals surface area contributed by atoms with Crippen molar-refractivity contribution >= 4 is 46.4 Å². The Bertz CT molecular complexity index is 1690. The second-order valence-corrected chi connectivity index (χ2v) is 9.32. The normalized spacial score (nSPS) is 12.7. The lowest BCUT2D eigenvalue weighted by Crippen LogP contribution is -2.21. The number of rotatable bonds is 5. The molecule has 0 saturated carbocycles. The minimum Gasteiger partial charge on any atom is -0.337 e. The third-order valence-corrected chi connectivity index (χ3v) is 7.20. The molecule has 0 radical (unpaired) electrons. The smallest absolute Gasteiger partial charge is 0.169 e. The fourth-order valence-electron chi connectivity index (χ4n) is 3.89. The molecule has 34 heavy (non-hydrogen) atoms. The van der Waals surface area contributed by atoms with E-state index in [0.717, 1.165) is 54.0 Å². The first kappa shape index (κ1) is 21.8. The van der Waals surface area contributed by atoms with Gasteiger partial charge in [0.05, 0.1) is 33.2 Å². The first-order chi connectivity index (χ1) is 16.3. The molecule has 0 amide bonds. The molecular weight excluding hydrogens is 444 g/mol. The first-order valence-corrected chi connectivity index (χ1v) is 11.7. The number of ketones is 1. The van der Waals surface area contributed by atoms with Gasteiger partial charge < -0.3 is 9.55 Å². The van der Waals surface area contributed by atoms with Gasteiger partial charge in [-0.25, -0.2) is 9.97 Å². The molecule has 0 spiro atoms. The molecular formula is C26H24N6OS. The number of benzene rings is 1. The Balaban J connectivity index is 1.53. The van der Waals surface area contributed by atoms with E-state index >= 15 is 0 Å². The van der Waals surface area contributed by atoms with Gasteiger partial charge in [-0.3, -0.25) is 9.89 Å². The molecule has 170 valence electrons. The zero-order valence-corrected chi connectivity index (χ0v) is 20.2. The highest BCUT2D eigenvalue weighted by atomic mass is 32.1. The number of carbonyl (C=O) groups excluding carboxylic acids is 1. The van der Waals surface area contributed by atoms with Crippen molar-refractivity contribution in [2.45, 2.75) is 20.8 Å². The number of hydrogen-bond acceptors (Lipinski definition) is 5. The zero-order chi connectivity index (χ0) is 24.0. The van der Waals surface area contributed by atoms with Gasteiger partial charge in [0.15, 0.2) is 11.6 Å². The van der Waals surface area contributed by atoms with Crippen LogP contribution in [0.2, 0.25) is 0 Å². The van der Waals surface area contributed by atoms with Crippen LogP contribution < -0.4 is 10.6 Å². The molecule has 4 aromatic heterocycles. The summed E-state index contributed by atoms with van der Waals surface area (Å²) in [6.07, 6.45) is 5.87. The van der Waals surface area contributed by atoms with Crippen molar-refractivity contribution in [3.8, 4) is 22.0 Å². The summed E-state index contributed by atoms with van der Waals surface area (Å²) in [6, 6.07) is 9.82. The minimum atomic E-state index is 0.0657. The molecule has 0 aliphatic carbocycles. The number of para-hydroxylation sites is 1. The second kappa shape index (κ2) is 8.39. The number of aromatic amines is 2. The summed E-state index contributed by atoms with van der Waals surface area (Å²) in [7, 11) is 2.00. The molecule has 5 aromatic rings. The molecule has 0 bridgehead atoms. The number of nitrogens with zero attached hydrogens (tertiary/aromatic N) is 4. The van der Waals surface area contributed by atoms with Crippen LogP contribution in [-0.2, 0) is 7.05 Å². The van der Waals surface area contributed by atoms with E-state index in [0.29, 0.717) is 11.5 Å². The van der Waals surface area contributed by atoms with Gasteiger partial charge in [0.25, 0.3) is 0 Å². The Morgan fingerprint density at radius 2 is 2.03 bits per heavy atom. The van der Waals surface area contributed by atoms with Gasteiger partial charge in [0.2, 0.25) is 0 Å². The topological polar surface area (TPSA) is 92.2 Å². The van der Waals surface area contributed by atoms with Crippen LogP contribution in [0.1, 0.15) is 35.0 Å². The number of fused-ring (bicyclic) bond motifs is 1. The number of aromatic nitrogens is 6. The van der Waals surface area contributed by atoms with Crippen molar-refractivity contribution in [2.24, 2.45) is 7.05 Å². The maximum absolute atomic E-state index is 11.7. The second-order valence-electron chi connectivity index (χ2n) is 8.24. The van der Waals surface area contributed by atoms with Crippen LogP contribution in [0.15, 0.2) is 42.6 Å². The Morgan fingerprint density at radius 3 is 2.74 bits per heavy atom. The lowest BCUT2D eigenvalue weighted by molar-refractivity contribution is 0.102. The average molecular weight is 469 g/mol. The van der Waals surface area contributed by atoms with Crippen LogP contribution in [0, 0.1) is 6.92 Å². The molecule has 1 aromatic carbocycles. The summed E-state index contributed by atoms with van der Waals surface area (Å²) in [5.41, 5.74) is 5.55. The van der Waals surface area contributed by atoms with Crippen molar-refractivity contribution in [3.05, 3.63) is 69.6 Å². The third-order valence-electron chi connectivity index (χ3n) is 5.98. The molecule has 0 aliphatic rings. The molecule has 7 nitrogen and oxygen atoms in total. The molecule has 0 atom stereocenters. The van der Waals surface area contributed by atoms with E-state index in [2.05, 4.69) is 38.2 Å². The van der Waals surface area contributed by atoms with Gasteiger partial charge in [-0.1, -0.05) is 24.8 Å². The Kier molecular flexibility index (Phi) is 5.37. The van der Waals surface area contributed by atoms with Gasteiger partial charge >= 0.3 is 0 Å². The average Bonchev–Trinajstić information content (AvgIpc) is 3.59. The van der Waals surface area contributed by atoms with Gasteiger partial charge in [-0.05, 0) is 50.6 Å². The highest BCUT2D eigenvalue weighted by molar-refractivity contribution is 7.17. The van der Waals surface area contributed by atoms with Crippen molar-refractivity contribution in [2.75, 3.05) is 0 Å². The summed E-state index contributed by atoms with van der Waals surface area (Å²) in [4.78, 5) is 26.1. The summed E-state index contributed by atoms with van der Waals surface area (Å²) in [5.74, 6) is 1.68. The highest BCUT2D eigenvalue weighted by Gasteiger charge is 2.15. The molecule has 8 heteroatoms. The number of carbonyl (C=O) groups is 1. The molecule has 0 unspecified atom stereocenters. The zero-order valence-electron chi connectivity index (χ0n) is 19.4. The van der Waals surface area contributed by atoms with Crippen LogP contribution >= 0.6 is 11.3 Å². The largest absolute Gasteiger partial charge is 0.337 e. The molecule has 5 rings (SSSR count). The number of allylic oxidation sites excluding steroid dienone is 2. The predicted octanol–water partition coefficient (Wildman–Crippen LogP) is 4.22. The van der Waals surface area contributed by atoms with E-state index in [9.17, 15) is 4.79 Å². The first-order valence-electron chi connectivity index (χ1n) is 10.8. The summed E-state index contributed by atoms with van der Waals surface area (Å²) >= 11 is 1.48. The number of imidazole rings is 2. The number of thiophene rings is 1. The number of Topliss-reactive ketones (excluding diaryl/α,β-unsaturated/α-hetero) is 1. The number of nitrogens with one attached hydrogen (secondary N) is 2. The summed E-state index contributed by atoms with van der Waals surface area (Å²) in [6.45, 7) is 9.85. The number of hydrogen-bond donors (Lipinski definition) is 2. The summed E-state index contributed by atoms with van der Waals surface area (Å²) in [5, 5.41) is 9.14. The number of aryl methyl sites for hydroxylation is 1. The van der Waals surface area contributed by atoms with Crippen LogP contribution in [0.25, 0.3) is 51.2 Å². The predicted molar refractivity (Wildman–Crippen MR) is 138 cm³/mol. The minimum absolute atomic E-state index is 0.0657. The van der Waals surface area contributed by atoms with Crippen molar-refractivity contribution in [1.82, 2.24) is 29.7 Å². The SMILES string of the molecule is C=c1c(-c2nc3c(-c4ccc(C(C)=O)s4)cccc3[nH]2)n[nH]/c1=C/C=C(\C)c1cnc(C)n1C. The van der Waals surface area contributed by atoms with Crippen molar-refractivity contribution < 1.29 is 4.79 Å². The quantitative estimate of drug-likeness (QED) is 0.378. The maximum Gasteiger partial charge on any atom is 0.169 e. The van der Waals surface area contributed by atoms with Crippen LogP contribution in [-0.4, -0.2) is 35.5 Å². The van der Waals surface area contributed by atoms with Crippen LogP contribution in [0.3, 0.4) is 0 Å². The van der Waals surface area contributed by atoms with E-state index in [1.807, 2.05) is 62.7 Å². The lowest BCUT2D eigenvalue weighted by Gasteiger charge is -2.02. The van der Waals surface area contributed by atoms with Crippen LogP contribution in [0.5, 0.6) is 0 Å². The highest BCUT2D eigenvalue weighted by Crippen LogP contribution is 2.33. The lowest BCUT2D eigenvalue weighted by atomic mass is 10.1. The van der Waals surface area contributed by atoms with E-state index < -0.39 is 0 Å². The van der Waals surface area contributed by atoms with Crippen molar-refractivity contribution in [3.63, 3.8) is 0 Å². The molecule has 0 aliphatic heterocycles. The molecule has 4 heterocycles. The summed E-state index contributed by atoms with van der Waals surface area (Å²) < 4.78 is 2.06. The standard InChI is InChI=1S/C26H24N6OS/c1-14(21-13-27-17(4)32(21)5)9-10-19-15(2)24(31-30-19)26-28-20-8-6-7-18(25(20)29-26)23-12-11-22(34-23)16(3)33/h6-13,30H,2H2,1,3-5H3,(H,28,29)/b14-9+,19-10+. The molecule has 0 fully saturated rings. The molecule has 2 N–H and O–H groups in total. The Hall–Kier alpha value is -4.04. The maximum atomic E-state index is 11.7. The van der Waals surface area contributed by atoms with E-state index in [1.54, 1.807) is 6.92 Å². The monoisotopic (exact) mass is 468 g/mol. The van der Waals surface area contributed by atoms with E-state index in [1.165, 1.54) is 11.3 Å².